The van der Waals surface area contributed by atoms with Crippen molar-refractivity contribution in [2.24, 2.45) is 0 Å². The van der Waals surface area contributed by atoms with Crippen molar-refractivity contribution in [2.75, 3.05) is 5.32 Å². The van der Waals surface area contributed by atoms with Gasteiger partial charge in [0.05, 0.1) is 28.4 Å². The summed E-state index contributed by atoms with van der Waals surface area (Å²) in [4.78, 5) is 22.1. The molecule has 0 unspecified atom stereocenters. The number of hydrogen-bond acceptors (Lipinski definition) is 6. The van der Waals surface area contributed by atoms with Gasteiger partial charge in [0.15, 0.2) is 0 Å². The zero-order valence-corrected chi connectivity index (χ0v) is 12.9. The predicted octanol–water partition coefficient (Wildman–Crippen LogP) is 2.98. The molecule has 122 valence electrons. The summed E-state index contributed by atoms with van der Waals surface area (Å²) in [6.07, 6.45) is 2.59. The first-order chi connectivity index (χ1) is 11.5. The molecule has 24 heavy (non-hydrogen) atoms. The molecule has 0 radical (unpaired) electrons. The lowest BCUT2D eigenvalue weighted by Gasteiger charge is -2.05. The van der Waals surface area contributed by atoms with Crippen molar-refractivity contribution in [2.45, 2.75) is 6.54 Å². The van der Waals surface area contributed by atoms with Gasteiger partial charge in [-0.05, 0) is 18.2 Å². The van der Waals surface area contributed by atoms with E-state index in [0.717, 1.165) is 6.20 Å². The highest BCUT2D eigenvalue weighted by molar-refractivity contribution is 6.33. The molecule has 2 rings (SSSR count). The first kappa shape index (κ1) is 17.1. The van der Waals surface area contributed by atoms with Crippen LogP contribution in [-0.2, 0) is 11.3 Å². The molecule has 8 nitrogen and oxygen atoms in total. The lowest BCUT2D eigenvalue weighted by Crippen LogP contribution is -2.24. The summed E-state index contributed by atoms with van der Waals surface area (Å²) >= 11 is 5.93. The second-order valence-corrected chi connectivity index (χ2v) is 4.90. The molecule has 0 saturated carbocycles. The number of amides is 1. The number of non-ortho nitro benzene ring substituents is 1. The minimum atomic E-state index is -0.622. The Bertz CT molecular complexity index is 824. The van der Waals surface area contributed by atoms with Crippen molar-refractivity contribution in [3.8, 4) is 6.07 Å². The van der Waals surface area contributed by atoms with E-state index >= 15 is 0 Å². The summed E-state index contributed by atoms with van der Waals surface area (Å²) in [5, 5.41) is 25.2. The molecule has 1 aromatic heterocycles. The van der Waals surface area contributed by atoms with Crippen LogP contribution >= 0.6 is 11.6 Å². The van der Waals surface area contributed by atoms with Gasteiger partial charge in [-0.1, -0.05) is 11.6 Å². The summed E-state index contributed by atoms with van der Waals surface area (Å²) in [6, 6.07) is 8.89. The smallest absolute Gasteiger partial charge is 0.271 e. The maximum Gasteiger partial charge on any atom is 0.271 e. The number of nitriles is 1. The number of nitrogens with zero attached hydrogens (tertiary/aromatic N) is 2. The van der Waals surface area contributed by atoms with Crippen molar-refractivity contribution < 1.29 is 14.1 Å². The number of carbonyl (C=O) groups excluding carboxylic acids is 1. The van der Waals surface area contributed by atoms with Crippen molar-refractivity contribution in [3.63, 3.8) is 0 Å². The fourth-order valence-corrected chi connectivity index (χ4v) is 1.88. The Balaban J connectivity index is 2.07. The Morgan fingerprint density at radius 3 is 2.88 bits per heavy atom. The second-order valence-electron chi connectivity index (χ2n) is 4.50. The van der Waals surface area contributed by atoms with Gasteiger partial charge in [0.1, 0.15) is 17.4 Å². The fourth-order valence-electron chi connectivity index (χ4n) is 1.71. The zero-order chi connectivity index (χ0) is 17.5. The average Bonchev–Trinajstić information content (AvgIpc) is 3.08. The lowest BCUT2D eigenvalue weighted by atomic mass is 10.2. The molecule has 9 heteroatoms. The van der Waals surface area contributed by atoms with Gasteiger partial charge in [-0.25, -0.2) is 0 Å². The molecule has 1 heterocycles. The molecular formula is C15H11ClN4O4. The molecule has 2 aromatic rings. The van der Waals surface area contributed by atoms with Gasteiger partial charge in [0, 0.05) is 18.3 Å². The third-order valence-corrected chi connectivity index (χ3v) is 3.23. The van der Waals surface area contributed by atoms with Gasteiger partial charge < -0.3 is 15.1 Å². The molecule has 0 spiro atoms. The van der Waals surface area contributed by atoms with Gasteiger partial charge in [-0.15, -0.1) is 0 Å². The molecule has 2 N–H and O–H groups in total. The van der Waals surface area contributed by atoms with Gasteiger partial charge in [0.2, 0.25) is 0 Å². The topological polar surface area (TPSA) is 121 Å². The number of nitro benzene ring substituents is 1. The SMILES string of the molecule is N#C/C(=C/Nc1cc([N+](=O)[O-])ccc1Cl)C(=O)NCc1ccco1. The summed E-state index contributed by atoms with van der Waals surface area (Å²) in [5.41, 5.74) is -0.183. The van der Waals surface area contributed by atoms with E-state index in [4.69, 9.17) is 21.3 Å². The monoisotopic (exact) mass is 346 g/mol. The van der Waals surface area contributed by atoms with Crippen molar-refractivity contribution >= 4 is 28.9 Å². The molecule has 0 aliphatic heterocycles. The van der Waals surface area contributed by atoms with Crippen LogP contribution in [0.3, 0.4) is 0 Å². The number of hydrogen-bond donors (Lipinski definition) is 2. The minimum absolute atomic E-state index is 0.127. The van der Waals surface area contributed by atoms with Gasteiger partial charge in [0.25, 0.3) is 11.6 Å². The maximum absolute atomic E-state index is 11.9. The van der Waals surface area contributed by atoms with E-state index in [2.05, 4.69) is 10.6 Å². The van der Waals surface area contributed by atoms with Crippen LogP contribution in [0.5, 0.6) is 0 Å². The van der Waals surface area contributed by atoms with Crippen LogP contribution in [0.1, 0.15) is 5.76 Å². The molecule has 0 aliphatic carbocycles. The quantitative estimate of drug-likeness (QED) is 0.359. The summed E-state index contributed by atoms with van der Waals surface area (Å²) in [5.74, 6) is -0.0849. The van der Waals surface area contributed by atoms with Crippen LogP contribution in [0, 0.1) is 21.4 Å². The van der Waals surface area contributed by atoms with Gasteiger partial charge >= 0.3 is 0 Å². The number of nitro groups is 1. The molecule has 0 aliphatic rings. The van der Waals surface area contributed by atoms with Crippen LogP contribution in [0.15, 0.2) is 52.8 Å². The Morgan fingerprint density at radius 2 is 2.25 bits per heavy atom. The predicted molar refractivity (Wildman–Crippen MR) is 86.0 cm³/mol. The standard InChI is InChI=1S/C15H11ClN4O4/c16-13-4-3-11(20(22)23)6-14(13)18-8-10(7-17)15(21)19-9-12-2-1-5-24-12/h1-6,8,18H,9H2,(H,19,21)/b10-8-. The number of carbonyl (C=O) groups is 1. The summed E-state index contributed by atoms with van der Waals surface area (Å²) in [6.45, 7) is 0.127. The highest BCUT2D eigenvalue weighted by Crippen LogP contribution is 2.26. The molecule has 0 atom stereocenters. The summed E-state index contributed by atoms with van der Waals surface area (Å²) < 4.78 is 5.06. The van der Waals surface area contributed by atoms with Crippen LogP contribution in [0.4, 0.5) is 11.4 Å². The average molecular weight is 347 g/mol. The Morgan fingerprint density at radius 1 is 1.46 bits per heavy atom. The molecular weight excluding hydrogens is 336 g/mol. The van der Waals surface area contributed by atoms with E-state index in [0.29, 0.717) is 5.76 Å². The largest absolute Gasteiger partial charge is 0.467 e. The number of rotatable bonds is 6. The van der Waals surface area contributed by atoms with Crippen LogP contribution < -0.4 is 10.6 Å². The normalized spacial score (nSPS) is 10.8. The minimum Gasteiger partial charge on any atom is -0.467 e. The van der Waals surface area contributed by atoms with E-state index < -0.39 is 10.8 Å². The van der Waals surface area contributed by atoms with E-state index in [1.165, 1.54) is 24.5 Å². The second kappa shape index (κ2) is 7.80. The molecule has 0 fully saturated rings. The highest BCUT2D eigenvalue weighted by atomic mass is 35.5. The first-order valence-electron chi connectivity index (χ1n) is 6.62. The van der Waals surface area contributed by atoms with Crippen LogP contribution in [-0.4, -0.2) is 10.8 Å². The summed E-state index contributed by atoms with van der Waals surface area (Å²) in [7, 11) is 0. The Kier molecular flexibility index (Phi) is 5.54. The maximum atomic E-state index is 11.9. The van der Waals surface area contributed by atoms with Crippen molar-refractivity contribution in [1.82, 2.24) is 5.32 Å². The number of benzene rings is 1. The van der Waals surface area contributed by atoms with E-state index in [1.54, 1.807) is 18.2 Å². The fraction of sp³-hybridized carbons (Fsp3) is 0.0667. The van der Waals surface area contributed by atoms with E-state index in [-0.39, 0.29) is 28.5 Å². The number of furan rings is 1. The number of halogens is 1. The van der Waals surface area contributed by atoms with Gasteiger partial charge in [-0.2, -0.15) is 5.26 Å². The molecule has 0 bridgehead atoms. The molecule has 1 aromatic carbocycles. The van der Waals surface area contributed by atoms with Crippen LogP contribution in [0.25, 0.3) is 0 Å². The van der Waals surface area contributed by atoms with Crippen molar-refractivity contribution in [3.05, 3.63) is 69.3 Å². The Labute approximate surface area is 141 Å². The molecule has 1 amide bonds. The Hall–Kier alpha value is -3.31. The third kappa shape index (κ3) is 4.34. The number of anilines is 1. The lowest BCUT2D eigenvalue weighted by molar-refractivity contribution is -0.384. The number of nitrogens with one attached hydrogen (secondary N) is 2. The van der Waals surface area contributed by atoms with E-state index in [1.807, 2.05) is 0 Å². The first-order valence-corrected chi connectivity index (χ1v) is 7.00. The van der Waals surface area contributed by atoms with Gasteiger partial charge in [-0.3, -0.25) is 14.9 Å². The third-order valence-electron chi connectivity index (χ3n) is 2.90. The van der Waals surface area contributed by atoms with Crippen LogP contribution in [0.2, 0.25) is 5.02 Å². The van der Waals surface area contributed by atoms with E-state index in [9.17, 15) is 14.9 Å². The molecule has 0 saturated heterocycles. The van der Waals surface area contributed by atoms with Crippen molar-refractivity contribution in [1.29, 1.82) is 5.26 Å². The highest BCUT2D eigenvalue weighted by Gasteiger charge is 2.12. The zero-order valence-electron chi connectivity index (χ0n) is 12.2.